The van der Waals surface area contributed by atoms with Gasteiger partial charge in [0.1, 0.15) is 11.1 Å². The lowest BCUT2D eigenvalue weighted by Crippen LogP contribution is -2.70. The van der Waals surface area contributed by atoms with Gasteiger partial charge in [-0.15, -0.1) is 0 Å². The van der Waals surface area contributed by atoms with Crippen molar-refractivity contribution < 1.29 is 19.2 Å². The Morgan fingerprint density at radius 1 is 0.724 bits per heavy atom. The first kappa shape index (κ1) is 20.8. The molecule has 1 fully saturated rings. The van der Waals surface area contributed by atoms with Gasteiger partial charge in [0.05, 0.1) is 0 Å². The molecule has 0 unspecified atom stereocenters. The molecule has 1 aliphatic rings. The molecule has 2 aromatic carbocycles. The second kappa shape index (κ2) is 7.50. The van der Waals surface area contributed by atoms with Crippen LogP contribution in [0.25, 0.3) is 0 Å². The van der Waals surface area contributed by atoms with E-state index in [0.29, 0.717) is 10.0 Å². The maximum absolute atomic E-state index is 12.7. The number of carbonyl (C=O) groups is 4. The molecule has 1 saturated heterocycles. The Hall–Kier alpha value is -2.90. The molecule has 0 radical (unpaired) electrons. The minimum Gasteiger partial charge on any atom is -0.335 e. The van der Waals surface area contributed by atoms with Crippen molar-refractivity contribution in [2.24, 2.45) is 0 Å². The Morgan fingerprint density at radius 2 is 1.03 bits per heavy atom. The molecule has 1 aliphatic heterocycles. The summed E-state index contributed by atoms with van der Waals surface area (Å²) in [5.41, 5.74) is -2.98. The standard InChI is InChI=1S/C20H17Cl2N3O4/c1-19(24-15(26)11-3-7-13(21)8-4-11)17(28)23-18(29)20(19,2)25-16(27)12-5-9-14(22)10-6-12/h3-10H,1-2H3,(H,24,26)(H,25,27)(H,23,28,29)/t19-,20-/m1/s1. The average molecular weight is 434 g/mol. The van der Waals surface area contributed by atoms with Crippen LogP contribution in [0.1, 0.15) is 34.6 Å². The molecule has 0 spiro atoms. The van der Waals surface area contributed by atoms with E-state index < -0.39 is 34.7 Å². The number of halogens is 2. The summed E-state index contributed by atoms with van der Waals surface area (Å²) in [6.07, 6.45) is 0. The predicted octanol–water partition coefficient (Wildman–Crippen LogP) is 2.33. The predicted molar refractivity (Wildman–Crippen MR) is 108 cm³/mol. The zero-order valence-electron chi connectivity index (χ0n) is 15.5. The van der Waals surface area contributed by atoms with E-state index in [0.717, 1.165) is 0 Å². The van der Waals surface area contributed by atoms with E-state index in [2.05, 4.69) is 16.0 Å². The largest absolute Gasteiger partial charge is 0.335 e. The molecule has 2 aromatic rings. The summed E-state index contributed by atoms with van der Waals surface area (Å²) in [6.45, 7) is 2.76. The van der Waals surface area contributed by atoms with Crippen molar-refractivity contribution in [3.05, 3.63) is 69.7 Å². The van der Waals surface area contributed by atoms with Gasteiger partial charge in [-0.1, -0.05) is 23.2 Å². The lowest BCUT2D eigenvalue weighted by atomic mass is 9.80. The van der Waals surface area contributed by atoms with Gasteiger partial charge in [0.2, 0.25) is 0 Å². The molecule has 7 nitrogen and oxygen atoms in total. The highest BCUT2D eigenvalue weighted by atomic mass is 35.5. The van der Waals surface area contributed by atoms with Crippen molar-refractivity contribution in [3.63, 3.8) is 0 Å². The first-order valence-corrected chi connectivity index (χ1v) is 9.34. The number of amides is 4. The van der Waals surface area contributed by atoms with Gasteiger partial charge in [-0.2, -0.15) is 0 Å². The van der Waals surface area contributed by atoms with Crippen LogP contribution in [0.15, 0.2) is 48.5 Å². The zero-order chi connectivity index (χ0) is 21.4. The molecule has 0 aliphatic carbocycles. The van der Waals surface area contributed by atoms with Crippen molar-refractivity contribution in [1.29, 1.82) is 0 Å². The van der Waals surface area contributed by atoms with Crippen LogP contribution in [0.4, 0.5) is 0 Å². The average Bonchev–Trinajstić information content (AvgIpc) is 2.83. The Balaban J connectivity index is 1.90. The van der Waals surface area contributed by atoms with E-state index in [-0.39, 0.29) is 11.1 Å². The lowest BCUT2D eigenvalue weighted by molar-refractivity contribution is -0.126. The Morgan fingerprint density at radius 3 is 1.34 bits per heavy atom. The quantitative estimate of drug-likeness (QED) is 0.643. The zero-order valence-corrected chi connectivity index (χ0v) is 17.0. The van der Waals surface area contributed by atoms with Crippen LogP contribution in [0.2, 0.25) is 10.0 Å². The highest BCUT2D eigenvalue weighted by Crippen LogP contribution is 2.29. The van der Waals surface area contributed by atoms with Gasteiger partial charge in [0, 0.05) is 21.2 Å². The van der Waals surface area contributed by atoms with Gasteiger partial charge in [-0.25, -0.2) is 0 Å². The van der Waals surface area contributed by atoms with Gasteiger partial charge in [0.25, 0.3) is 23.6 Å². The van der Waals surface area contributed by atoms with E-state index in [1.807, 2.05) is 0 Å². The van der Waals surface area contributed by atoms with Crippen molar-refractivity contribution in [2.75, 3.05) is 0 Å². The smallest absolute Gasteiger partial charge is 0.255 e. The highest BCUT2D eigenvalue weighted by Gasteiger charge is 2.62. The van der Waals surface area contributed by atoms with Crippen molar-refractivity contribution >= 4 is 46.8 Å². The molecule has 29 heavy (non-hydrogen) atoms. The van der Waals surface area contributed by atoms with Crippen molar-refractivity contribution in [1.82, 2.24) is 16.0 Å². The molecule has 3 rings (SSSR count). The number of imide groups is 1. The summed E-state index contributed by atoms with van der Waals surface area (Å²) < 4.78 is 0. The minimum absolute atomic E-state index is 0.245. The molecule has 0 bridgehead atoms. The first-order chi connectivity index (χ1) is 13.6. The van der Waals surface area contributed by atoms with Gasteiger partial charge < -0.3 is 10.6 Å². The Bertz CT molecular complexity index is 926. The van der Waals surface area contributed by atoms with Crippen LogP contribution in [0, 0.1) is 0 Å². The number of nitrogens with one attached hydrogen (secondary N) is 3. The molecular formula is C20H17Cl2N3O4. The van der Waals surface area contributed by atoms with Crippen molar-refractivity contribution in [2.45, 2.75) is 24.9 Å². The van der Waals surface area contributed by atoms with Crippen LogP contribution >= 0.6 is 23.2 Å². The molecular weight excluding hydrogens is 417 g/mol. The number of hydrogen-bond acceptors (Lipinski definition) is 4. The van der Waals surface area contributed by atoms with E-state index in [9.17, 15) is 19.2 Å². The third-order valence-electron chi connectivity index (χ3n) is 5.08. The molecule has 9 heteroatoms. The highest BCUT2D eigenvalue weighted by molar-refractivity contribution is 6.31. The number of hydrogen-bond donors (Lipinski definition) is 3. The van der Waals surface area contributed by atoms with Crippen LogP contribution in [0.3, 0.4) is 0 Å². The molecule has 150 valence electrons. The number of benzene rings is 2. The van der Waals surface area contributed by atoms with Crippen LogP contribution in [0.5, 0.6) is 0 Å². The number of carbonyl (C=O) groups excluding carboxylic acids is 4. The molecule has 3 N–H and O–H groups in total. The second-order valence-corrected chi connectivity index (χ2v) is 7.83. The van der Waals surface area contributed by atoms with E-state index >= 15 is 0 Å². The molecule has 1 heterocycles. The number of rotatable bonds is 4. The van der Waals surface area contributed by atoms with Gasteiger partial charge in [0.15, 0.2) is 0 Å². The normalized spacial score (nSPS) is 23.4. The summed E-state index contributed by atoms with van der Waals surface area (Å²) in [5, 5.41) is 8.23. The topological polar surface area (TPSA) is 104 Å². The van der Waals surface area contributed by atoms with E-state index in [1.54, 1.807) is 0 Å². The fourth-order valence-corrected chi connectivity index (χ4v) is 3.22. The van der Waals surface area contributed by atoms with Crippen LogP contribution in [-0.2, 0) is 9.59 Å². The van der Waals surface area contributed by atoms with Gasteiger partial charge in [-0.05, 0) is 62.4 Å². The maximum atomic E-state index is 12.7. The van der Waals surface area contributed by atoms with Crippen molar-refractivity contribution in [3.8, 4) is 0 Å². The first-order valence-electron chi connectivity index (χ1n) is 8.59. The Kier molecular flexibility index (Phi) is 5.38. The molecule has 0 aromatic heterocycles. The van der Waals surface area contributed by atoms with E-state index in [1.165, 1.54) is 62.4 Å². The van der Waals surface area contributed by atoms with Crippen LogP contribution < -0.4 is 16.0 Å². The maximum Gasteiger partial charge on any atom is 0.255 e. The second-order valence-electron chi connectivity index (χ2n) is 6.96. The Labute approximate surface area is 176 Å². The third-order valence-corrected chi connectivity index (χ3v) is 5.58. The summed E-state index contributed by atoms with van der Waals surface area (Å²) in [7, 11) is 0. The third kappa shape index (κ3) is 3.71. The van der Waals surface area contributed by atoms with E-state index in [4.69, 9.17) is 23.2 Å². The fraction of sp³-hybridized carbons (Fsp3) is 0.200. The molecule has 2 atom stereocenters. The van der Waals surface area contributed by atoms with Gasteiger partial charge >= 0.3 is 0 Å². The fourth-order valence-electron chi connectivity index (χ4n) is 2.97. The van der Waals surface area contributed by atoms with Crippen LogP contribution in [-0.4, -0.2) is 34.7 Å². The molecule has 4 amide bonds. The lowest BCUT2D eigenvalue weighted by Gasteiger charge is -2.37. The molecule has 0 saturated carbocycles. The summed E-state index contributed by atoms with van der Waals surface area (Å²) in [5.74, 6) is -2.66. The minimum atomic E-state index is -1.73. The monoisotopic (exact) mass is 433 g/mol. The van der Waals surface area contributed by atoms with Gasteiger partial charge in [-0.3, -0.25) is 24.5 Å². The summed E-state index contributed by atoms with van der Waals surface area (Å²) in [6, 6.07) is 12.1. The SMILES string of the molecule is C[C@@]1(NC(=O)c2ccc(Cl)cc2)C(=O)NC(=O)[C@@]1(C)NC(=O)c1ccc(Cl)cc1. The summed E-state index contributed by atoms with van der Waals surface area (Å²) >= 11 is 11.7. The summed E-state index contributed by atoms with van der Waals surface area (Å²) in [4.78, 5) is 50.5.